The van der Waals surface area contributed by atoms with E-state index in [9.17, 15) is 0 Å². The molecule has 0 saturated carbocycles. The van der Waals surface area contributed by atoms with Crippen LogP contribution in [0, 0.1) is 5.92 Å². The van der Waals surface area contributed by atoms with Gasteiger partial charge in [-0.3, -0.25) is 4.90 Å². The fourth-order valence-electron chi connectivity index (χ4n) is 1.61. The predicted octanol–water partition coefficient (Wildman–Crippen LogP) is 2.46. The zero-order valence-corrected chi connectivity index (χ0v) is 8.00. The van der Waals surface area contributed by atoms with Crippen LogP contribution in [0.5, 0.6) is 0 Å². The van der Waals surface area contributed by atoms with Crippen molar-refractivity contribution in [2.75, 3.05) is 19.6 Å². The van der Waals surface area contributed by atoms with E-state index >= 15 is 0 Å². The zero-order chi connectivity index (χ0) is 8.81. The van der Waals surface area contributed by atoms with Crippen molar-refractivity contribution in [1.29, 1.82) is 0 Å². The van der Waals surface area contributed by atoms with E-state index in [2.05, 4.69) is 30.6 Å². The van der Waals surface area contributed by atoms with Crippen molar-refractivity contribution in [3.63, 3.8) is 0 Å². The van der Waals surface area contributed by atoms with Crippen LogP contribution in [0.15, 0.2) is 24.8 Å². The number of hydrogen-bond acceptors (Lipinski definition) is 1. The van der Waals surface area contributed by atoms with Gasteiger partial charge in [0.2, 0.25) is 0 Å². The molecule has 1 rings (SSSR count). The van der Waals surface area contributed by atoms with E-state index in [1.807, 2.05) is 6.08 Å². The second-order valence-electron chi connectivity index (χ2n) is 3.65. The van der Waals surface area contributed by atoms with Crippen LogP contribution < -0.4 is 0 Å². The molecule has 1 aliphatic heterocycles. The van der Waals surface area contributed by atoms with Crippen LogP contribution in [-0.4, -0.2) is 24.5 Å². The van der Waals surface area contributed by atoms with E-state index in [-0.39, 0.29) is 0 Å². The lowest BCUT2D eigenvalue weighted by molar-refractivity contribution is 0.363. The second-order valence-corrected chi connectivity index (χ2v) is 3.65. The maximum Gasteiger partial charge on any atom is 0.0163 e. The molecule has 0 N–H and O–H groups in total. The lowest BCUT2D eigenvalue weighted by atomic mass is 10.2. The average Bonchev–Trinajstić information content (AvgIpc) is 2.45. The maximum atomic E-state index is 3.68. The Labute approximate surface area is 75.8 Å². The fourth-order valence-corrected chi connectivity index (χ4v) is 1.61. The highest BCUT2D eigenvalue weighted by molar-refractivity contribution is 4.91. The van der Waals surface area contributed by atoms with Gasteiger partial charge in [-0.25, -0.2) is 0 Å². The van der Waals surface area contributed by atoms with Gasteiger partial charge < -0.3 is 0 Å². The third-order valence-electron chi connectivity index (χ3n) is 2.34. The molecule has 0 aromatic carbocycles. The average molecular weight is 165 g/mol. The van der Waals surface area contributed by atoms with Crippen molar-refractivity contribution in [2.45, 2.75) is 19.8 Å². The smallest absolute Gasteiger partial charge is 0.0163 e. The highest BCUT2D eigenvalue weighted by Crippen LogP contribution is 2.14. The van der Waals surface area contributed by atoms with Gasteiger partial charge in [0.25, 0.3) is 0 Å². The summed E-state index contributed by atoms with van der Waals surface area (Å²) in [5.41, 5.74) is 0. The van der Waals surface area contributed by atoms with Crippen molar-refractivity contribution >= 4 is 0 Å². The lowest BCUT2D eigenvalue weighted by Crippen LogP contribution is -2.19. The second kappa shape index (κ2) is 5.15. The summed E-state index contributed by atoms with van der Waals surface area (Å²) in [6, 6.07) is 0. The van der Waals surface area contributed by atoms with Gasteiger partial charge in [0.1, 0.15) is 0 Å². The summed E-state index contributed by atoms with van der Waals surface area (Å²) in [6.07, 6.45) is 8.75. The molecule has 0 aliphatic carbocycles. The van der Waals surface area contributed by atoms with Crippen LogP contribution in [-0.2, 0) is 0 Å². The minimum atomic E-state index is 0.901. The molecule has 0 radical (unpaired) electrons. The molecule has 0 bridgehead atoms. The van der Waals surface area contributed by atoms with Gasteiger partial charge in [-0.2, -0.15) is 0 Å². The molecule has 1 fully saturated rings. The van der Waals surface area contributed by atoms with Gasteiger partial charge in [0.15, 0.2) is 0 Å². The van der Waals surface area contributed by atoms with E-state index < -0.39 is 0 Å². The van der Waals surface area contributed by atoms with Crippen LogP contribution in [0.25, 0.3) is 0 Å². The summed E-state index contributed by atoms with van der Waals surface area (Å²) >= 11 is 0. The van der Waals surface area contributed by atoms with Crippen LogP contribution in [0.4, 0.5) is 0 Å². The van der Waals surface area contributed by atoms with Crippen molar-refractivity contribution < 1.29 is 0 Å². The summed E-state index contributed by atoms with van der Waals surface area (Å²) < 4.78 is 0. The topological polar surface area (TPSA) is 3.24 Å². The number of likely N-dealkylation sites (tertiary alicyclic amines) is 1. The Kier molecular flexibility index (Phi) is 4.09. The molecule has 0 aromatic rings. The first-order valence-electron chi connectivity index (χ1n) is 4.81. The first-order valence-corrected chi connectivity index (χ1v) is 4.81. The molecule has 1 nitrogen and oxygen atoms in total. The highest BCUT2D eigenvalue weighted by atomic mass is 15.1. The standard InChI is InChI=1S/C11H19N/c1-3-4-5-6-8-12-9-7-11(2)10-12/h3,5-6,11H,1,4,7-10H2,2H3/b6-5+. The van der Waals surface area contributed by atoms with Gasteiger partial charge in [0, 0.05) is 13.1 Å². The largest absolute Gasteiger partial charge is 0.299 e. The van der Waals surface area contributed by atoms with E-state index in [1.54, 1.807) is 0 Å². The minimum absolute atomic E-state index is 0.901. The Morgan fingerprint density at radius 3 is 2.92 bits per heavy atom. The van der Waals surface area contributed by atoms with Crippen LogP contribution in [0.2, 0.25) is 0 Å². The number of hydrogen-bond donors (Lipinski definition) is 0. The predicted molar refractivity (Wildman–Crippen MR) is 54.2 cm³/mol. The molecule has 1 heterocycles. The van der Waals surface area contributed by atoms with Crippen molar-refractivity contribution in [1.82, 2.24) is 4.90 Å². The van der Waals surface area contributed by atoms with Crippen LogP contribution >= 0.6 is 0 Å². The van der Waals surface area contributed by atoms with Crippen LogP contribution in [0.3, 0.4) is 0 Å². The summed E-state index contributed by atoms with van der Waals surface area (Å²) in [6.45, 7) is 9.68. The first-order chi connectivity index (χ1) is 5.83. The monoisotopic (exact) mass is 165 g/mol. The first kappa shape index (κ1) is 9.53. The Balaban J connectivity index is 2.11. The lowest BCUT2D eigenvalue weighted by Gasteiger charge is -2.11. The van der Waals surface area contributed by atoms with E-state index in [0.717, 1.165) is 18.9 Å². The van der Waals surface area contributed by atoms with E-state index in [0.29, 0.717) is 0 Å². The SMILES string of the molecule is C=CC/C=C/CN1CCC(C)C1. The molecule has 1 saturated heterocycles. The Morgan fingerprint density at radius 2 is 2.33 bits per heavy atom. The van der Waals surface area contributed by atoms with Gasteiger partial charge in [-0.15, -0.1) is 6.58 Å². The van der Waals surface area contributed by atoms with E-state index in [1.165, 1.54) is 19.5 Å². The van der Waals surface area contributed by atoms with Crippen molar-refractivity contribution in [3.8, 4) is 0 Å². The van der Waals surface area contributed by atoms with Gasteiger partial charge in [-0.1, -0.05) is 25.2 Å². The third-order valence-corrected chi connectivity index (χ3v) is 2.34. The molecule has 1 heteroatoms. The molecule has 1 aliphatic rings. The summed E-state index contributed by atoms with van der Waals surface area (Å²) in [4.78, 5) is 2.50. The fraction of sp³-hybridized carbons (Fsp3) is 0.636. The molecular formula is C11H19N. The maximum absolute atomic E-state index is 3.68. The minimum Gasteiger partial charge on any atom is -0.299 e. The Bertz CT molecular complexity index is 160. The zero-order valence-electron chi connectivity index (χ0n) is 8.00. The molecule has 12 heavy (non-hydrogen) atoms. The molecular weight excluding hydrogens is 146 g/mol. The molecule has 1 unspecified atom stereocenters. The molecule has 0 spiro atoms. The Morgan fingerprint density at radius 1 is 1.50 bits per heavy atom. The number of allylic oxidation sites excluding steroid dienone is 2. The number of rotatable bonds is 4. The number of nitrogens with zero attached hydrogens (tertiary/aromatic N) is 1. The van der Waals surface area contributed by atoms with Gasteiger partial charge in [-0.05, 0) is 25.3 Å². The van der Waals surface area contributed by atoms with Crippen molar-refractivity contribution in [2.24, 2.45) is 5.92 Å². The van der Waals surface area contributed by atoms with Gasteiger partial charge in [0.05, 0.1) is 0 Å². The molecule has 1 atom stereocenters. The quantitative estimate of drug-likeness (QED) is 0.578. The van der Waals surface area contributed by atoms with E-state index in [4.69, 9.17) is 0 Å². The summed E-state index contributed by atoms with van der Waals surface area (Å²) in [5, 5.41) is 0. The van der Waals surface area contributed by atoms with Crippen molar-refractivity contribution in [3.05, 3.63) is 24.8 Å². The summed E-state index contributed by atoms with van der Waals surface area (Å²) in [5.74, 6) is 0.901. The molecule has 0 amide bonds. The highest BCUT2D eigenvalue weighted by Gasteiger charge is 2.16. The third kappa shape index (κ3) is 3.22. The Hall–Kier alpha value is -0.560. The normalized spacial score (nSPS) is 25.2. The summed E-state index contributed by atoms with van der Waals surface area (Å²) in [7, 11) is 0. The molecule has 0 aromatic heterocycles. The van der Waals surface area contributed by atoms with Crippen LogP contribution in [0.1, 0.15) is 19.8 Å². The molecule has 68 valence electrons. The van der Waals surface area contributed by atoms with Gasteiger partial charge >= 0.3 is 0 Å².